The van der Waals surface area contributed by atoms with Gasteiger partial charge in [-0.3, -0.25) is 4.79 Å². The Balaban J connectivity index is 1.89. The third kappa shape index (κ3) is 3.44. The molecule has 2 N–H and O–H groups in total. The van der Waals surface area contributed by atoms with Gasteiger partial charge < -0.3 is 15.2 Å². The number of hydrogen-bond donors (Lipinski definition) is 2. The number of aliphatic hydroxyl groups is 1. The standard InChI is InChI=1S/C14H18FNO3/c1-14(18)6-10(7-14)13(17)16-8-9-3-11(15)5-12(4-9)19-2/h3-5,10,18H,6-8H2,1-2H3,(H,16,17). The SMILES string of the molecule is COc1cc(F)cc(CNC(=O)C2CC(C)(O)C2)c1. The number of halogens is 1. The Morgan fingerprint density at radius 3 is 2.79 bits per heavy atom. The Labute approximate surface area is 111 Å². The summed E-state index contributed by atoms with van der Waals surface area (Å²) >= 11 is 0. The number of nitrogens with one attached hydrogen (secondary N) is 1. The number of hydrogen-bond acceptors (Lipinski definition) is 3. The molecule has 0 radical (unpaired) electrons. The van der Waals surface area contributed by atoms with E-state index >= 15 is 0 Å². The molecule has 1 fully saturated rings. The summed E-state index contributed by atoms with van der Waals surface area (Å²) in [5.41, 5.74) is -0.0688. The van der Waals surface area contributed by atoms with Gasteiger partial charge in [0.05, 0.1) is 12.7 Å². The minimum absolute atomic E-state index is 0.102. The van der Waals surface area contributed by atoms with Crippen LogP contribution in [0.4, 0.5) is 4.39 Å². The number of benzene rings is 1. The molecular formula is C14H18FNO3. The first-order chi connectivity index (χ1) is 8.89. The average Bonchev–Trinajstić information content (AvgIpc) is 2.32. The number of carbonyl (C=O) groups excluding carboxylic acids is 1. The van der Waals surface area contributed by atoms with E-state index in [0.717, 1.165) is 0 Å². The van der Waals surface area contributed by atoms with Crippen LogP contribution in [0.1, 0.15) is 25.3 Å². The van der Waals surface area contributed by atoms with Crippen molar-refractivity contribution in [1.82, 2.24) is 5.32 Å². The van der Waals surface area contributed by atoms with Crippen molar-refractivity contribution in [3.05, 3.63) is 29.6 Å². The van der Waals surface area contributed by atoms with Crippen molar-refractivity contribution in [2.75, 3.05) is 7.11 Å². The van der Waals surface area contributed by atoms with Gasteiger partial charge in [0.15, 0.2) is 0 Å². The van der Waals surface area contributed by atoms with Crippen molar-refractivity contribution in [3.63, 3.8) is 0 Å². The third-order valence-corrected chi connectivity index (χ3v) is 3.38. The topological polar surface area (TPSA) is 58.6 Å². The minimum Gasteiger partial charge on any atom is -0.497 e. The summed E-state index contributed by atoms with van der Waals surface area (Å²) in [5, 5.41) is 12.3. The molecule has 4 nitrogen and oxygen atoms in total. The maximum Gasteiger partial charge on any atom is 0.223 e. The minimum atomic E-state index is -0.718. The van der Waals surface area contributed by atoms with Gasteiger partial charge in [-0.2, -0.15) is 0 Å². The summed E-state index contributed by atoms with van der Waals surface area (Å²) in [7, 11) is 1.47. The van der Waals surface area contributed by atoms with E-state index in [1.807, 2.05) is 0 Å². The van der Waals surface area contributed by atoms with E-state index in [4.69, 9.17) is 4.74 Å². The average molecular weight is 267 g/mol. The Morgan fingerprint density at radius 2 is 2.21 bits per heavy atom. The van der Waals surface area contributed by atoms with Crippen molar-refractivity contribution >= 4 is 5.91 Å². The third-order valence-electron chi connectivity index (χ3n) is 3.38. The van der Waals surface area contributed by atoms with Crippen LogP contribution in [0.5, 0.6) is 5.75 Å². The van der Waals surface area contributed by atoms with Crippen LogP contribution >= 0.6 is 0 Å². The molecule has 1 aromatic rings. The molecule has 1 amide bonds. The molecule has 5 heteroatoms. The van der Waals surface area contributed by atoms with Crippen LogP contribution in [0, 0.1) is 11.7 Å². The molecule has 0 aromatic heterocycles. The molecule has 0 bridgehead atoms. The van der Waals surface area contributed by atoms with Crippen molar-refractivity contribution in [2.24, 2.45) is 5.92 Å². The summed E-state index contributed by atoms with van der Waals surface area (Å²) in [6.45, 7) is 1.97. The zero-order chi connectivity index (χ0) is 14.0. The summed E-state index contributed by atoms with van der Waals surface area (Å²) in [4.78, 5) is 11.8. The van der Waals surface area contributed by atoms with Crippen molar-refractivity contribution < 1.29 is 19.0 Å². The first-order valence-electron chi connectivity index (χ1n) is 6.23. The molecule has 0 unspecified atom stereocenters. The van der Waals surface area contributed by atoms with E-state index in [1.165, 1.54) is 19.2 Å². The van der Waals surface area contributed by atoms with Gasteiger partial charge in [0, 0.05) is 18.5 Å². The number of methoxy groups -OCH3 is 1. The van der Waals surface area contributed by atoms with E-state index in [1.54, 1.807) is 13.0 Å². The second-order valence-corrected chi connectivity index (χ2v) is 5.32. The van der Waals surface area contributed by atoms with Crippen LogP contribution in [0.3, 0.4) is 0 Å². The Kier molecular flexibility index (Phi) is 3.75. The van der Waals surface area contributed by atoms with Crippen LogP contribution in [-0.2, 0) is 11.3 Å². The van der Waals surface area contributed by atoms with Crippen molar-refractivity contribution in [3.8, 4) is 5.75 Å². The van der Waals surface area contributed by atoms with Gasteiger partial charge >= 0.3 is 0 Å². The van der Waals surface area contributed by atoms with Gasteiger partial charge in [-0.15, -0.1) is 0 Å². The highest BCUT2D eigenvalue weighted by atomic mass is 19.1. The number of rotatable bonds is 4. The lowest BCUT2D eigenvalue weighted by Crippen LogP contribution is -2.48. The Morgan fingerprint density at radius 1 is 1.53 bits per heavy atom. The molecule has 0 heterocycles. The fourth-order valence-electron chi connectivity index (χ4n) is 2.36. The van der Waals surface area contributed by atoms with E-state index in [-0.39, 0.29) is 18.4 Å². The molecule has 104 valence electrons. The molecule has 1 aromatic carbocycles. The fraction of sp³-hybridized carbons (Fsp3) is 0.500. The Bertz CT molecular complexity index is 480. The van der Waals surface area contributed by atoms with Crippen LogP contribution in [0.25, 0.3) is 0 Å². The summed E-state index contributed by atoms with van der Waals surface area (Å²) < 4.78 is 18.2. The zero-order valence-corrected chi connectivity index (χ0v) is 11.1. The lowest BCUT2D eigenvalue weighted by Gasteiger charge is -2.39. The van der Waals surface area contributed by atoms with E-state index in [0.29, 0.717) is 24.2 Å². The molecule has 1 aliphatic rings. The molecule has 0 atom stereocenters. The second-order valence-electron chi connectivity index (χ2n) is 5.32. The van der Waals surface area contributed by atoms with Gasteiger partial charge in [-0.1, -0.05) is 0 Å². The monoisotopic (exact) mass is 267 g/mol. The molecule has 0 saturated heterocycles. The quantitative estimate of drug-likeness (QED) is 0.871. The zero-order valence-electron chi connectivity index (χ0n) is 11.1. The lowest BCUT2D eigenvalue weighted by atomic mass is 9.72. The maximum absolute atomic E-state index is 13.3. The summed E-state index contributed by atoms with van der Waals surface area (Å²) in [6.07, 6.45) is 0.955. The first-order valence-corrected chi connectivity index (χ1v) is 6.23. The molecular weight excluding hydrogens is 249 g/mol. The second kappa shape index (κ2) is 5.17. The van der Waals surface area contributed by atoms with Crippen LogP contribution in [0.2, 0.25) is 0 Å². The van der Waals surface area contributed by atoms with Crippen molar-refractivity contribution in [1.29, 1.82) is 0 Å². The molecule has 0 aliphatic heterocycles. The van der Waals surface area contributed by atoms with Crippen molar-refractivity contribution in [2.45, 2.75) is 31.9 Å². The van der Waals surface area contributed by atoms with E-state index < -0.39 is 11.4 Å². The Hall–Kier alpha value is -1.62. The van der Waals surface area contributed by atoms with E-state index in [2.05, 4.69) is 5.32 Å². The first kappa shape index (κ1) is 13.8. The number of amides is 1. The van der Waals surface area contributed by atoms with E-state index in [9.17, 15) is 14.3 Å². The van der Waals surface area contributed by atoms with Crippen LogP contribution in [-0.4, -0.2) is 23.7 Å². The molecule has 19 heavy (non-hydrogen) atoms. The van der Waals surface area contributed by atoms with Gasteiger partial charge in [-0.05, 0) is 37.5 Å². The van der Waals surface area contributed by atoms with Gasteiger partial charge in [0.2, 0.25) is 5.91 Å². The molecule has 0 spiro atoms. The fourth-order valence-corrected chi connectivity index (χ4v) is 2.36. The maximum atomic E-state index is 13.3. The van der Waals surface area contributed by atoms with Gasteiger partial charge in [0.25, 0.3) is 0 Å². The number of ether oxygens (including phenoxy) is 1. The smallest absolute Gasteiger partial charge is 0.223 e. The van der Waals surface area contributed by atoms with Crippen LogP contribution in [0.15, 0.2) is 18.2 Å². The summed E-state index contributed by atoms with van der Waals surface area (Å²) in [5.74, 6) is -0.216. The lowest BCUT2D eigenvalue weighted by molar-refractivity contribution is -0.139. The van der Waals surface area contributed by atoms with Gasteiger partial charge in [0.1, 0.15) is 11.6 Å². The number of carbonyl (C=O) groups is 1. The normalized spacial score (nSPS) is 25.6. The highest BCUT2D eigenvalue weighted by molar-refractivity contribution is 5.79. The predicted octanol–water partition coefficient (Wildman–Crippen LogP) is 1.61. The molecule has 1 saturated carbocycles. The highest BCUT2D eigenvalue weighted by Crippen LogP contribution is 2.37. The predicted molar refractivity (Wildman–Crippen MR) is 68.1 cm³/mol. The highest BCUT2D eigenvalue weighted by Gasteiger charge is 2.42. The van der Waals surface area contributed by atoms with Crippen LogP contribution < -0.4 is 10.1 Å². The molecule has 2 rings (SSSR count). The summed E-state index contributed by atoms with van der Waals surface area (Å²) in [6, 6.07) is 4.33. The largest absolute Gasteiger partial charge is 0.497 e. The molecule has 1 aliphatic carbocycles. The van der Waals surface area contributed by atoms with Gasteiger partial charge in [-0.25, -0.2) is 4.39 Å².